The Kier molecular flexibility index (Phi) is 6.25. The molecule has 0 radical (unpaired) electrons. The summed E-state index contributed by atoms with van der Waals surface area (Å²) in [5, 5.41) is 6.73. The minimum absolute atomic E-state index is 0.156. The van der Waals surface area contributed by atoms with Gasteiger partial charge in [-0.15, -0.1) is 0 Å². The van der Waals surface area contributed by atoms with Crippen LogP contribution in [-0.2, 0) is 0 Å². The molecule has 1 unspecified atom stereocenters. The van der Waals surface area contributed by atoms with Crippen LogP contribution < -0.4 is 10.1 Å². The highest BCUT2D eigenvalue weighted by Crippen LogP contribution is 2.28. The van der Waals surface area contributed by atoms with E-state index in [0.29, 0.717) is 24.9 Å². The van der Waals surface area contributed by atoms with Crippen molar-refractivity contribution in [1.82, 2.24) is 15.0 Å². The molecule has 1 N–H and O–H groups in total. The van der Waals surface area contributed by atoms with Crippen molar-refractivity contribution in [3.63, 3.8) is 0 Å². The molecule has 0 aliphatic carbocycles. The number of nitrogens with zero attached hydrogens (tertiary/aromatic N) is 3. The first-order valence-corrected chi connectivity index (χ1v) is 10.8. The minimum Gasteiger partial charge on any atom is -0.439 e. The number of pyridine rings is 1. The van der Waals surface area contributed by atoms with Gasteiger partial charge in [0.2, 0.25) is 11.8 Å². The van der Waals surface area contributed by atoms with Crippen LogP contribution in [0.2, 0.25) is 0 Å². The van der Waals surface area contributed by atoms with Crippen molar-refractivity contribution in [3.8, 4) is 11.6 Å². The van der Waals surface area contributed by atoms with Crippen LogP contribution in [0.3, 0.4) is 0 Å². The average molecular weight is 433 g/mol. The summed E-state index contributed by atoms with van der Waals surface area (Å²) < 4.78 is 11.1. The Morgan fingerprint density at radius 2 is 2.09 bits per heavy atom. The van der Waals surface area contributed by atoms with Gasteiger partial charge in [-0.1, -0.05) is 41.9 Å². The molecule has 2 aromatic heterocycles. The molecule has 0 bridgehead atoms. The summed E-state index contributed by atoms with van der Waals surface area (Å²) in [6.45, 7) is 9.17. The molecule has 2 amide bonds. The lowest BCUT2D eigenvalue weighted by Crippen LogP contribution is -2.42. The molecule has 1 saturated heterocycles. The smallest absolute Gasteiger partial charge is 0.324 e. The Hall–Kier alpha value is -3.61. The van der Waals surface area contributed by atoms with E-state index in [2.05, 4.69) is 34.5 Å². The number of amides is 2. The lowest BCUT2D eigenvalue weighted by molar-refractivity contribution is 0.197. The van der Waals surface area contributed by atoms with E-state index in [1.807, 2.05) is 56.0 Å². The Morgan fingerprint density at radius 3 is 2.78 bits per heavy atom. The zero-order valence-corrected chi connectivity index (χ0v) is 18.9. The fraction of sp³-hybridized carbons (Fsp3) is 0.320. The number of ether oxygens (including phenoxy) is 1. The number of nitrogens with one attached hydrogen (secondary N) is 1. The minimum atomic E-state index is -0.156. The fourth-order valence-corrected chi connectivity index (χ4v) is 3.67. The highest BCUT2D eigenvalue weighted by molar-refractivity contribution is 5.88. The van der Waals surface area contributed by atoms with Crippen LogP contribution in [0.5, 0.6) is 11.6 Å². The van der Waals surface area contributed by atoms with Crippen molar-refractivity contribution in [3.05, 3.63) is 70.6 Å². The maximum absolute atomic E-state index is 12.7. The number of hydrogen-bond donors (Lipinski definition) is 1. The van der Waals surface area contributed by atoms with Crippen molar-refractivity contribution in [2.24, 2.45) is 5.92 Å². The summed E-state index contributed by atoms with van der Waals surface area (Å²) in [6.07, 6.45) is 4.80. The molecule has 3 heterocycles. The topological polar surface area (TPSA) is 80.5 Å². The van der Waals surface area contributed by atoms with Crippen LogP contribution in [0.25, 0.3) is 6.08 Å². The van der Waals surface area contributed by atoms with Crippen LogP contribution in [0, 0.1) is 26.7 Å². The maximum atomic E-state index is 12.7. The van der Waals surface area contributed by atoms with E-state index in [0.717, 1.165) is 34.6 Å². The van der Waals surface area contributed by atoms with Crippen LogP contribution in [0.15, 0.2) is 52.7 Å². The molecule has 0 spiro atoms. The van der Waals surface area contributed by atoms with E-state index < -0.39 is 0 Å². The number of carbonyl (C=O) groups excluding carboxylic acids is 1. The zero-order chi connectivity index (χ0) is 22.7. The van der Waals surface area contributed by atoms with E-state index in [4.69, 9.17) is 9.26 Å². The zero-order valence-electron chi connectivity index (χ0n) is 18.9. The van der Waals surface area contributed by atoms with Gasteiger partial charge in [0.05, 0.1) is 5.69 Å². The molecule has 3 aromatic rings. The molecule has 0 saturated carbocycles. The molecule has 166 valence electrons. The lowest BCUT2D eigenvalue weighted by Gasteiger charge is -2.33. The number of urea groups is 1. The number of anilines is 1. The van der Waals surface area contributed by atoms with Gasteiger partial charge in [-0.05, 0) is 56.4 Å². The number of hydrogen-bond acceptors (Lipinski definition) is 5. The summed E-state index contributed by atoms with van der Waals surface area (Å²) in [6, 6.07) is 11.7. The van der Waals surface area contributed by atoms with Gasteiger partial charge in [0.1, 0.15) is 5.75 Å². The van der Waals surface area contributed by atoms with Gasteiger partial charge in [-0.2, -0.15) is 0 Å². The number of likely N-dealkylation sites (tertiary alicyclic amines) is 1. The quantitative estimate of drug-likeness (QED) is 0.568. The first-order valence-electron chi connectivity index (χ1n) is 10.8. The summed E-state index contributed by atoms with van der Waals surface area (Å²) in [5.41, 5.74) is 5.11. The third-order valence-corrected chi connectivity index (χ3v) is 5.78. The van der Waals surface area contributed by atoms with E-state index in [9.17, 15) is 4.79 Å². The van der Waals surface area contributed by atoms with Gasteiger partial charge in [0.15, 0.2) is 0 Å². The molecule has 1 atom stereocenters. The molecule has 1 fully saturated rings. The molecular weight excluding hydrogens is 404 g/mol. The van der Waals surface area contributed by atoms with Crippen LogP contribution in [0.1, 0.15) is 35.7 Å². The first kappa shape index (κ1) is 21.6. The summed E-state index contributed by atoms with van der Waals surface area (Å²) >= 11 is 0. The number of piperidine rings is 1. The summed E-state index contributed by atoms with van der Waals surface area (Å²) in [7, 11) is 0. The van der Waals surface area contributed by atoms with Crippen molar-refractivity contribution in [2.75, 3.05) is 18.4 Å². The summed E-state index contributed by atoms with van der Waals surface area (Å²) in [5.74, 6) is 1.99. The number of aryl methyl sites for hydroxylation is 2. The Balaban J connectivity index is 1.40. The Labute approximate surface area is 188 Å². The Bertz CT molecular complexity index is 1130. The van der Waals surface area contributed by atoms with Gasteiger partial charge in [0.25, 0.3) is 0 Å². The van der Waals surface area contributed by atoms with E-state index in [1.165, 1.54) is 5.57 Å². The van der Waals surface area contributed by atoms with Gasteiger partial charge in [0, 0.05) is 30.9 Å². The second-order valence-corrected chi connectivity index (χ2v) is 8.32. The standard InChI is InChI=1S/C25H28N4O3/c1-16-8-9-23(26-14-16)31-22-7-5-6-20(13-22)12-21-10-11-29(15-17(21)2)25(30)27-24-18(3)19(4)28-32-24/h5-9,12-14,17H,10-11,15H2,1-4H3,(H,27,30)/b21-12+. The van der Waals surface area contributed by atoms with Gasteiger partial charge in [-0.25, -0.2) is 9.78 Å². The van der Waals surface area contributed by atoms with Gasteiger partial charge < -0.3 is 14.2 Å². The normalized spacial score (nSPS) is 17.4. The number of aromatic nitrogens is 2. The number of benzene rings is 1. The van der Waals surface area contributed by atoms with Crippen molar-refractivity contribution in [1.29, 1.82) is 0 Å². The number of rotatable bonds is 4. The fourth-order valence-electron chi connectivity index (χ4n) is 3.67. The number of carbonyl (C=O) groups is 1. The van der Waals surface area contributed by atoms with Gasteiger partial charge >= 0.3 is 6.03 Å². The highest BCUT2D eigenvalue weighted by Gasteiger charge is 2.25. The molecule has 7 nitrogen and oxygen atoms in total. The molecular formula is C25H28N4O3. The van der Waals surface area contributed by atoms with E-state index >= 15 is 0 Å². The second-order valence-electron chi connectivity index (χ2n) is 8.32. The largest absolute Gasteiger partial charge is 0.439 e. The molecule has 4 rings (SSSR count). The monoisotopic (exact) mass is 432 g/mol. The van der Waals surface area contributed by atoms with Crippen LogP contribution >= 0.6 is 0 Å². The van der Waals surface area contributed by atoms with Crippen molar-refractivity contribution < 1.29 is 14.1 Å². The molecule has 7 heteroatoms. The van der Waals surface area contributed by atoms with Crippen LogP contribution in [0.4, 0.5) is 10.7 Å². The van der Waals surface area contributed by atoms with E-state index in [-0.39, 0.29) is 11.9 Å². The first-order chi connectivity index (χ1) is 15.4. The summed E-state index contributed by atoms with van der Waals surface area (Å²) in [4.78, 5) is 18.8. The highest BCUT2D eigenvalue weighted by atomic mass is 16.5. The molecule has 1 aliphatic heterocycles. The van der Waals surface area contributed by atoms with Gasteiger partial charge in [-0.3, -0.25) is 5.32 Å². The average Bonchev–Trinajstić information content (AvgIpc) is 3.09. The SMILES string of the molecule is Cc1ccc(Oc2cccc(/C=C3\CCN(C(=O)Nc4onc(C)c4C)CC3C)c2)nc1. The third kappa shape index (κ3) is 4.99. The van der Waals surface area contributed by atoms with Crippen LogP contribution in [-0.4, -0.2) is 34.2 Å². The lowest BCUT2D eigenvalue weighted by atomic mass is 9.91. The molecule has 1 aromatic carbocycles. The third-order valence-electron chi connectivity index (χ3n) is 5.78. The maximum Gasteiger partial charge on any atom is 0.324 e. The molecule has 32 heavy (non-hydrogen) atoms. The van der Waals surface area contributed by atoms with Crippen molar-refractivity contribution >= 4 is 18.0 Å². The predicted octanol–water partition coefficient (Wildman–Crippen LogP) is 5.74. The second kappa shape index (κ2) is 9.26. The van der Waals surface area contributed by atoms with E-state index in [1.54, 1.807) is 6.20 Å². The molecule has 1 aliphatic rings. The Morgan fingerprint density at radius 1 is 1.25 bits per heavy atom. The van der Waals surface area contributed by atoms with Crippen molar-refractivity contribution in [2.45, 2.75) is 34.1 Å². The predicted molar refractivity (Wildman–Crippen MR) is 124 cm³/mol.